The fourth-order valence-corrected chi connectivity index (χ4v) is 6.23. The van der Waals surface area contributed by atoms with Gasteiger partial charge in [0.15, 0.2) is 5.82 Å². The molecule has 1 amide bonds. The molecule has 33 heavy (non-hydrogen) atoms. The lowest BCUT2D eigenvalue weighted by Gasteiger charge is -2.25. The van der Waals surface area contributed by atoms with Crippen molar-refractivity contribution in [3.63, 3.8) is 0 Å². The predicted octanol–water partition coefficient (Wildman–Crippen LogP) is 3.79. The molecule has 2 heterocycles. The first-order chi connectivity index (χ1) is 15.8. The van der Waals surface area contributed by atoms with Crippen molar-refractivity contribution in [3.05, 3.63) is 60.3 Å². The number of nitrogens with zero attached hydrogens (tertiary/aromatic N) is 2. The summed E-state index contributed by atoms with van der Waals surface area (Å²) in [6, 6.07) is 13.5. The second-order valence-corrected chi connectivity index (χ2v) is 10.6. The van der Waals surface area contributed by atoms with Crippen molar-refractivity contribution in [2.45, 2.75) is 41.4 Å². The van der Waals surface area contributed by atoms with Crippen LogP contribution in [0.5, 0.6) is 0 Å². The quantitative estimate of drug-likeness (QED) is 0.465. The van der Waals surface area contributed by atoms with Gasteiger partial charge >= 0.3 is 0 Å². The average molecular weight is 465 g/mol. The van der Waals surface area contributed by atoms with E-state index in [1.54, 1.807) is 66.5 Å². The number of rotatable bonds is 5. The fraction of sp³-hybridized carbons (Fsp3) is 0.292. The third-order valence-electron chi connectivity index (χ3n) is 6.34. The smallest absolute Gasteiger partial charge is 0.233 e. The minimum absolute atomic E-state index is 0.116. The van der Waals surface area contributed by atoms with E-state index >= 15 is 0 Å². The molecule has 0 spiro atoms. The topological polar surface area (TPSA) is 110 Å². The normalized spacial score (nSPS) is 19.3. The van der Waals surface area contributed by atoms with Gasteiger partial charge in [-0.15, -0.1) is 0 Å². The molecule has 3 aromatic rings. The molecule has 1 aromatic heterocycles. The monoisotopic (exact) mass is 464 g/mol. The molecule has 2 aliphatic rings. The Morgan fingerprint density at radius 1 is 1.18 bits per heavy atom. The van der Waals surface area contributed by atoms with Crippen LogP contribution in [0.2, 0.25) is 0 Å². The summed E-state index contributed by atoms with van der Waals surface area (Å²) in [6.45, 7) is 0. The number of aromatic nitrogens is 2. The SMILES string of the molecule is Cn1ccc(NC(=O)C(C[C@H]2CCC(=O)C2)c2ccc3c(c2)Nc2ccccc2S3(=O)=O)n1. The molecule has 0 bridgehead atoms. The van der Waals surface area contributed by atoms with E-state index in [1.165, 1.54) is 0 Å². The molecule has 1 fully saturated rings. The van der Waals surface area contributed by atoms with Gasteiger partial charge in [0.2, 0.25) is 15.7 Å². The van der Waals surface area contributed by atoms with E-state index < -0.39 is 15.8 Å². The maximum absolute atomic E-state index is 13.3. The van der Waals surface area contributed by atoms with Crippen molar-refractivity contribution in [2.75, 3.05) is 10.6 Å². The van der Waals surface area contributed by atoms with E-state index in [-0.39, 0.29) is 27.4 Å². The summed E-state index contributed by atoms with van der Waals surface area (Å²) in [5.74, 6) is 0.00802. The van der Waals surface area contributed by atoms with Crippen molar-refractivity contribution < 1.29 is 18.0 Å². The van der Waals surface area contributed by atoms with Crippen LogP contribution in [0.25, 0.3) is 0 Å². The molecule has 1 aliphatic carbocycles. The Balaban J connectivity index is 1.50. The van der Waals surface area contributed by atoms with Crippen LogP contribution in [0, 0.1) is 5.92 Å². The zero-order valence-corrected chi connectivity index (χ0v) is 18.9. The number of benzene rings is 2. The molecular formula is C24H24N4O4S. The highest BCUT2D eigenvalue weighted by molar-refractivity contribution is 7.92. The van der Waals surface area contributed by atoms with Crippen molar-refractivity contribution in [2.24, 2.45) is 13.0 Å². The van der Waals surface area contributed by atoms with Crippen molar-refractivity contribution in [3.8, 4) is 0 Å². The largest absolute Gasteiger partial charge is 0.353 e. The van der Waals surface area contributed by atoms with Crippen LogP contribution >= 0.6 is 0 Å². The number of carbonyl (C=O) groups is 2. The molecule has 2 aromatic carbocycles. The summed E-state index contributed by atoms with van der Waals surface area (Å²) in [4.78, 5) is 25.5. The molecule has 1 aliphatic heterocycles. The van der Waals surface area contributed by atoms with E-state index in [0.717, 1.165) is 6.42 Å². The molecule has 2 N–H and O–H groups in total. The Hall–Kier alpha value is -3.46. The van der Waals surface area contributed by atoms with Gasteiger partial charge in [0.1, 0.15) is 5.78 Å². The van der Waals surface area contributed by atoms with Crippen LogP contribution in [0.3, 0.4) is 0 Å². The van der Waals surface area contributed by atoms with Crippen LogP contribution in [0.4, 0.5) is 17.2 Å². The van der Waals surface area contributed by atoms with Gasteiger partial charge in [-0.1, -0.05) is 18.2 Å². The second kappa shape index (κ2) is 8.15. The lowest BCUT2D eigenvalue weighted by atomic mass is 9.87. The number of hydrogen-bond acceptors (Lipinski definition) is 6. The Morgan fingerprint density at radius 2 is 1.97 bits per heavy atom. The zero-order valence-electron chi connectivity index (χ0n) is 18.1. The summed E-state index contributed by atoms with van der Waals surface area (Å²) >= 11 is 0. The van der Waals surface area contributed by atoms with Crippen molar-refractivity contribution in [1.29, 1.82) is 0 Å². The highest BCUT2D eigenvalue weighted by Gasteiger charge is 2.33. The number of fused-ring (bicyclic) bond motifs is 2. The summed E-state index contributed by atoms with van der Waals surface area (Å²) in [5.41, 5.74) is 1.66. The van der Waals surface area contributed by atoms with E-state index in [9.17, 15) is 18.0 Å². The van der Waals surface area contributed by atoms with Gasteiger partial charge in [-0.25, -0.2) is 8.42 Å². The van der Waals surface area contributed by atoms with E-state index in [4.69, 9.17) is 0 Å². The number of aryl methyl sites for hydroxylation is 1. The lowest BCUT2D eigenvalue weighted by molar-refractivity contribution is -0.119. The molecule has 1 unspecified atom stereocenters. The fourth-order valence-electron chi connectivity index (χ4n) is 4.68. The Bertz CT molecular complexity index is 1360. The van der Waals surface area contributed by atoms with Gasteiger partial charge in [-0.2, -0.15) is 5.10 Å². The van der Waals surface area contributed by atoms with Crippen LogP contribution in [0.15, 0.2) is 64.5 Å². The number of amides is 1. The van der Waals surface area contributed by atoms with E-state index in [1.807, 2.05) is 0 Å². The highest BCUT2D eigenvalue weighted by atomic mass is 32.2. The van der Waals surface area contributed by atoms with Crippen LogP contribution in [0.1, 0.15) is 37.2 Å². The number of carbonyl (C=O) groups excluding carboxylic acids is 2. The Labute approximate surface area is 191 Å². The second-order valence-electron chi connectivity index (χ2n) is 8.68. The van der Waals surface area contributed by atoms with Gasteiger partial charge in [0, 0.05) is 32.2 Å². The van der Waals surface area contributed by atoms with E-state index in [2.05, 4.69) is 15.7 Å². The average Bonchev–Trinajstić information content (AvgIpc) is 3.39. The van der Waals surface area contributed by atoms with Crippen LogP contribution < -0.4 is 10.6 Å². The summed E-state index contributed by atoms with van der Waals surface area (Å²) < 4.78 is 27.8. The van der Waals surface area contributed by atoms with Gasteiger partial charge < -0.3 is 10.6 Å². The molecule has 5 rings (SSSR count). The highest BCUT2D eigenvalue weighted by Crippen LogP contribution is 2.41. The number of nitrogens with one attached hydrogen (secondary N) is 2. The number of anilines is 3. The third-order valence-corrected chi connectivity index (χ3v) is 8.21. The summed E-state index contributed by atoms with van der Waals surface area (Å²) in [7, 11) is -1.89. The van der Waals surface area contributed by atoms with E-state index in [0.29, 0.717) is 42.0 Å². The van der Waals surface area contributed by atoms with Crippen molar-refractivity contribution >= 4 is 38.7 Å². The maximum atomic E-state index is 13.3. The maximum Gasteiger partial charge on any atom is 0.233 e. The molecule has 0 radical (unpaired) electrons. The predicted molar refractivity (Wildman–Crippen MR) is 123 cm³/mol. The Kier molecular flexibility index (Phi) is 5.28. The van der Waals surface area contributed by atoms with Gasteiger partial charge in [-0.05, 0) is 48.6 Å². The molecule has 9 heteroatoms. The molecular weight excluding hydrogens is 440 g/mol. The first-order valence-corrected chi connectivity index (χ1v) is 12.4. The van der Waals surface area contributed by atoms with Gasteiger partial charge in [0.05, 0.1) is 27.1 Å². The number of para-hydroxylation sites is 1. The number of ketones is 1. The van der Waals surface area contributed by atoms with Crippen molar-refractivity contribution in [1.82, 2.24) is 9.78 Å². The van der Waals surface area contributed by atoms with Gasteiger partial charge in [0.25, 0.3) is 0 Å². The number of hydrogen-bond donors (Lipinski definition) is 2. The van der Waals surface area contributed by atoms with Crippen LogP contribution in [-0.2, 0) is 26.5 Å². The van der Waals surface area contributed by atoms with Gasteiger partial charge in [-0.3, -0.25) is 14.3 Å². The summed E-state index contributed by atoms with van der Waals surface area (Å²) in [5, 5.41) is 10.3. The van der Waals surface area contributed by atoms with Crippen LogP contribution in [-0.4, -0.2) is 29.9 Å². The standard InChI is InChI=1S/C24H24N4O4S/c1-28-11-10-23(27-28)26-24(30)18(13-15-6-8-17(29)12-15)16-7-9-22-20(14-16)25-19-4-2-3-5-21(19)33(22,31)32/h2-5,7,9-11,14-15,18,25H,6,8,12-13H2,1H3,(H,26,27,30)/t15-,18?/m0/s1. The molecule has 170 valence electrons. The minimum Gasteiger partial charge on any atom is -0.353 e. The zero-order chi connectivity index (χ0) is 23.2. The first-order valence-electron chi connectivity index (χ1n) is 10.9. The number of sulfone groups is 1. The molecule has 8 nitrogen and oxygen atoms in total. The minimum atomic E-state index is -3.66. The molecule has 2 atom stereocenters. The lowest BCUT2D eigenvalue weighted by Crippen LogP contribution is -2.24. The third kappa shape index (κ3) is 4.04. The first kappa shape index (κ1) is 21.4. The summed E-state index contributed by atoms with van der Waals surface area (Å²) in [6.07, 6.45) is 4.02. The Morgan fingerprint density at radius 3 is 2.70 bits per heavy atom. The molecule has 1 saturated carbocycles. The number of Topliss-reactive ketones (excluding diaryl/α,β-unsaturated/α-hetero) is 1. The molecule has 0 saturated heterocycles.